The van der Waals surface area contributed by atoms with Gasteiger partial charge in [-0.2, -0.15) is 0 Å². The van der Waals surface area contributed by atoms with E-state index in [-0.39, 0.29) is 51.4 Å². The highest BCUT2D eigenvalue weighted by Gasteiger charge is 2.26. The number of fused-ring (bicyclic) bond motifs is 1. The van der Waals surface area contributed by atoms with Gasteiger partial charge in [-0.05, 0) is 42.0 Å². The largest absolute Gasteiger partial charge is 0.497 e. The van der Waals surface area contributed by atoms with E-state index in [9.17, 15) is 9.59 Å². The van der Waals surface area contributed by atoms with Crippen LogP contribution in [0.25, 0.3) is 0 Å². The van der Waals surface area contributed by atoms with Gasteiger partial charge in [-0.1, -0.05) is 6.07 Å². The third-order valence-corrected chi connectivity index (χ3v) is 5.91. The van der Waals surface area contributed by atoms with E-state index < -0.39 is 0 Å². The van der Waals surface area contributed by atoms with Gasteiger partial charge in [0.15, 0.2) is 11.5 Å². The molecule has 4 rings (SSSR count). The lowest BCUT2D eigenvalue weighted by Crippen LogP contribution is -2.43. The molecule has 0 unspecified atom stereocenters. The van der Waals surface area contributed by atoms with Gasteiger partial charge in [-0.15, -0.1) is 0 Å². The number of nitrogens with zero attached hydrogens (tertiary/aromatic N) is 2. The molecule has 10 nitrogen and oxygen atoms in total. The molecule has 1 aromatic heterocycles. The molecule has 0 spiro atoms. The van der Waals surface area contributed by atoms with E-state index in [1.54, 1.807) is 48.6 Å². The molecule has 2 aromatic carbocycles. The number of carbonyl (C=O) groups excluding carboxylic acids is 2. The van der Waals surface area contributed by atoms with Crippen molar-refractivity contribution in [2.45, 2.75) is 13.1 Å². The van der Waals surface area contributed by atoms with E-state index in [0.717, 1.165) is 5.56 Å². The summed E-state index contributed by atoms with van der Waals surface area (Å²) in [6, 6.07) is 14.0. The molecule has 37 heavy (non-hydrogen) atoms. The van der Waals surface area contributed by atoms with E-state index in [0.29, 0.717) is 34.3 Å². The lowest BCUT2D eigenvalue weighted by Gasteiger charge is -2.28. The number of methoxy groups -OCH3 is 3. The maximum absolute atomic E-state index is 13.6. The minimum Gasteiger partial charge on any atom is -0.497 e. The van der Waals surface area contributed by atoms with E-state index in [1.807, 2.05) is 18.2 Å². The lowest BCUT2D eigenvalue weighted by molar-refractivity contribution is -0.133. The summed E-state index contributed by atoms with van der Waals surface area (Å²) in [5, 5.41) is 0. The third kappa shape index (κ3) is 6.34. The first-order valence-corrected chi connectivity index (χ1v) is 11.7. The summed E-state index contributed by atoms with van der Waals surface area (Å²) >= 11 is 0. The number of benzene rings is 2. The van der Waals surface area contributed by atoms with Gasteiger partial charge in [0.25, 0.3) is 5.91 Å². The fourth-order valence-electron chi connectivity index (χ4n) is 3.95. The van der Waals surface area contributed by atoms with Crippen molar-refractivity contribution in [3.05, 3.63) is 71.7 Å². The van der Waals surface area contributed by atoms with E-state index in [2.05, 4.69) is 0 Å². The van der Waals surface area contributed by atoms with Crippen LogP contribution in [0.5, 0.6) is 23.0 Å². The SMILES string of the molecule is COCCN(CC(=O)N(Cc1ccc2c(c1)OCO2)Cc1ccco1)C(=O)c1ccc(OC)cc1OC. The molecule has 0 saturated heterocycles. The van der Waals surface area contributed by atoms with Crippen LogP contribution in [0.1, 0.15) is 21.7 Å². The van der Waals surface area contributed by atoms with Crippen molar-refractivity contribution >= 4 is 11.8 Å². The van der Waals surface area contributed by atoms with E-state index >= 15 is 0 Å². The summed E-state index contributed by atoms with van der Waals surface area (Å²) in [5.41, 5.74) is 1.18. The van der Waals surface area contributed by atoms with Crippen LogP contribution in [0.2, 0.25) is 0 Å². The summed E-state index contributed by atoms with van der Waals surface area (Å²) in [6.45, 7) is 1.00. The number of hydrogen-bond donors (Lipinski definition) is 0. The Kier molecular flexibility index (Phi) is 8.52. The van der Waals surface area contributed by atoms with Gasteiger partial charge in [0.2, 0.25) is 12.7 Å². The third-order valence-electron chi connectivity index (χ3n) is 5.91. The molecule has 0 N–H and O–H groups in total. The average molecular weight is 511 g/mol. The number of ether oxygens (including phenoxy) is 5. The number of rotatable bonds is 12. The molecule has 2 heterocycles. The van der Waals surface area contributed by atoms with E-state index in [1.165, 1.54) is 19.1 Å². The zero-order chi connectivity index (χ0) is 26.2. The Morgan fingerprint density at radius 1 is 0.919 bits per heavy atom. The smallest absolute Gasteiger partial charge is 0.258 e. The first-order chi connectivity index (χ1) is 18.0. The molecule has 0 atom stereocenters. The molecule has 0 saturated carbocycles. The molecule has 0 fully saturated rings. The number of amides is 2. The van der Waals surface area contributed by atoms with Crippen LogP contribution in [0, 0.1) is 0 Å². The Bertz CT molecular complexity index is 1210. The monoisotopic (exact) mass is 510 g/mol. The minimum atomic E-state index is -0.356. The van der Waals surface area contributed by atoms with Gasteiger partial charge in [0, 0.05) is 26.3 Å². The second-order valence-corrected chi connectivity index (χ2v) is 8.30. The minimum absolute atomic E-state index is 0.164. The molecular formula is C27H30N2O8. The van der Waals surface area contributed by atoms with Crippen molar-refractivity contribution in [2.75, 3.05) is 47.8 Å². The van der Waals surface area contributed by atoms with Crippen LogP contribution >= 0.6 is 0 Å². The zero-order valence-corrected chi connectivity index (χ0v) is 21.1. The molecule has 2 amide bonds. The molecule has 10 heteroatoms. The van der Waals surface area contributed by atoms with Crippen LogP contribution in [-0.2, 0) is 22.6 Å². The van der Waals surface area contributed by atoms with Gasteiger partial charge >= 0.3 is 0 Å². The van der Waals surface area contributed by atoms with Crippen molar-refractivity contribution in [2.24, 2.45) is 0 Å². The van der Waals surface area contributed by atoms with Crippen LogP contribution in [0.15, 0.2) is 59.2 Å². The van der Waals surface area contributed by atoms with Gasteiger partial charge < -0.3 is 37.9 Å². The fraction of sp³-hybridized carbons (Fsp3) is 0.333. The predicted molar refractivity (Wildman–Crippen MR) is 133 cm³/mol. The summed E-state index contributed by atoms with van der Waals surface area (Å²) in [5.74, 6) is 2.22. The summed E-state index contributed by atoms with van der Waals surface area (Å²) in [7, 11) is 4.56. The summed E-state index contributed by atoms with van der Waals surface area (Å²) in [4.78, 5) is 30.2. The van der Waals surface area contributed by atoms with Crippen LogP contribution in [0.3, 0.4) is 0 Å². The van der Waals surface area contributed by atoms with Crippen molar-refractivity contribution in [3.8, 4) is 23.0 Å². The van der Waals surface area contributed by atoms with Crippen LogP contribution in [0.4, 0.5) is 0 Å². The van der Waals surface area contributed by atoms with Crippen LogP contribution < -0.4 is 18.9 Å². The Morgan fingerprint density at radius 3 is 2.49 bits per heavy atom. The highest BCUT2D eigenvalue weighted by molar-refractivity contribution is 5.99. The van der Waals surface area contributed by atoms with Crippen molar-refractivity contribution in [3.63, 3.8) is 0 Å². The molecule has 0 bridgehead atoms. The lowest BCUT2D eigenvalue weighted by atomic mass is 10.1. The van der Waals surface area contributed by atoms with Crippen molar-refractivity contribution < 1.29 is 37.7 Å². The molecule has 0 aliphatic carbocycles. The number of hydrogen-bond acceptors (Lipinski definition) is 8. The maximum atomic E-state index is 13.6. The predicted octanol–water partition coefficient (Wildman–Crippen LogP) is 3.34. The van der Waals surface area contributed by atoms with E-state index in [4.69, 9.17) is 28.1 Å². The quantitative estimate of drug-likeness (QED) is 0.366. The summed E-state index contributed by atoms with van der Waals surface area (Å²) < 4.78 is 32.2. The van der Waals surface area contributed by atoms with Crippen molar-refractivity contribution in [1.82, 2.24) is 9.80 Å². The Balaban J connectivity index is 1.56. The second kappa shape index (κ2) is 12.2. The second-order valence-electron chi connectivity index (χ2n) is 8.30. The summed E-state index contributed by atoms with van der Waals surface area (Å²) in [6.07, 6.45) is 1.56. The number of furan rings is 1. The Morgan fingerprint density at radius 2 is 1.76 bits per heavy atom. The average Bonchev–Trinajstić information content (AvgIpc) is 3.61. The molecule has 1 aliphatic rings. The fourth-order valence-corrected chi connectivity index (χ4v) is 3.95. The first kappa shape index (κ1) is 25.9. The van der Waals surface area contributed by atoms with Crippen LogP contribution in [-0.4, -0.2) is 69.4 Å². The van der Waals surface area contributed by atoms with Gasteiger partial charge in [-0.25, -0.2) is 0 Å². The topological polar surface area (TPSA) is 99.9 Å². The molecular weight excluding hydrogens is 480 g/mol. The number of carbonyl (C=O) groups is 2. The van der Waals surface area contributed by atoms with Gasteiger partial charge in [-0.3, -0.25) is 9.59 Å². The molecule has 196 valence electrons. The Hall–Kier alpha value is -4.18. The Labute approximate surface area is 215 Å². The van der Waals surface area contributed by atoms with Gasteiger partial charge in [0.05, 0.1) is 39.2 Å². The zero-order valence-electron chi connectivity index (χ0n) is 21.1. The standard InChI is InChI=1S/C27H30N2O8/c1-32-12-10-28(27(31)22-8-7-20(33-2)14-24(22)34-3)17-26(30)29(16-21-5-4-11-35-21)15-19-6-9-23-25(13-19)37-18-36-23/h4-9,11,13-14H,10,12,15-18H2,1-3H3. The normalized spacial score (nSPS) is 11.8. The highest BCUT2D eigenvalue weighted by Crippen LogP contribution is 2.33. The first-order valence-electron chi connectivity index (χ1n) is 11.7. The van der Waals surface area contributed by atoms with Crippen molar-refractivity contribution in [1.29, 1.82) is 0 Å². The molecule has 1 aliphatic heterocycles. The van der Waals surface area contributed by atoms with Gasteiger partial charge in [0.1, 0.15) is 23.8 Å². The maximum Gasteiger partial charge on any atom is 0.258 e. The molecule has 3 aromatic rings. The highest BCUT2D eigenvalue weighted by atomic mass is 16.7. The molecule has 0 radical (unpaired) electrons.